The normalized spacial score (nSPS) is 19.6. The van der Waals surface area contributed by atoms with E-state index >= 15 is 0 Å². The maximum atomic E-state index is 12.3. The second-order valence-corrected chi connectivity index (χ2v) is 7.23. The van der Waals surface area contributed by atoms with Crippen LogP contribution in [0.2, 0.25) is 0 Å². The minimum absolute atomic E-state index is 0.149. The van der Waals surface area contributed by atoms with Gasteiger partial charge in [-0.3, -0.25) is 4.79 Å². The number of nitrogens with one attached hydrogen (secondary N) is 1. The van der Waals surface area contributed by atoms with Gasteiger partial charge in [0, 0.05) is 24.7 Å². The van der Waals surface area contributed by atoms with Gasteiger partial charge in [0.25, 0.3) is 5.91 Å². The quantitative estimate of drug-likeness (QED) is 0.784. The average molecular weight is 311 g/mol. The molecule has 5 N–H and O–H groups in total. The molecule has 1 aliphatic heterocycles. The lowest BCUT2D eigenvalue weighted by molar-refractivity contribution is 0.0916. The Balaban J connectivity index is 2.13. The molecule has 1 fully saturated rings. The van der Waals surface area contributed by atoms with E-state index < -0.39 is 0 Å². The first-order valence-electron chi connectivity index (χ1n) is 7.41. The molecular weight excluding hydrogens is 286 g/mol. The first kappa shape index (κ1) is 16.0. The number of nitrogens with zero attached hydrogens (tertiary/aromatic N) is 2. The summed E-state index contributed by atoms with van der Waals surface area (Å²) >= 11 is 1.35. The Bertz CT molecular complexity index is 513. The van der Waals surface area contributed by atoms with Crippen molar-refractivity contribution in [3.8, 4) is 0 Å². The molecule has 0 saturated carbocycles. The van der Waals surface area contributed by atoms with Crippen molar-refractivity contribution in [2.45, 2.75) is 51.6 Å². The molecule has 1 aromatic rings. The van der Waals surface area contributed by atoms with Crippen molar-refractivity contribution in [3.05, 3.63) is 4.88 Å². The Kier molecular flexibility index (Phi) is 4.73. The maximum Gasteiger partial charge on any atom is 0.265 e. The third kappa shape index (κ3) is 3.85. The number of aromatic nitrogens is 1. The number of hydrogen-bond donors (Lipinski definition) is 3. The number of nitrogens with two attached hydrogens (primary N) is 2. The number of amides is 1. The van der Waals surface area contributed by atoms with Crippen molar-refractivity contribution >= 4 is 28.2 Å². The van der Waals surface area contributed by atoms with Crippen LogP contribution in [0, 0.1) is 0 Å². The highest BCUT2D eigenvalue weighted by atomic mass is 32.1. The summed E-state index contributed by atoms with van der Waals surface area (Å²) in [7, 11) is 0. The third-order valence-electron chi connectivity index (χ3n) is 3.91. The Morgan fingerprint density at radius 1 is 1.57 bits per heavy atom. The van der Waals surface area contributed by atoms with Gasteiger partial charge >= 0.3 is 0 Å². The molecule has 1 saturated heterocycles. The number of thiazole rings is 1. The number of carbonyl (C=O) groups is 1. The highest BCUT2D eigenvalue weighted by Crippen LogP contribution is 2.30. The van der Waals surface area contributed by atoms with Gasteiger partial charge < -0.3 is 21.7 Å². The second-order valence-electron chi connectivity index (χ2n) is 6.25. The van der Waals surface area contributed by atoms with Crippen molar-refractivity contribution in [1.29, 1.82) is 0 Å². The molecule has 21 heavy (non-hydrogen) atoms. The second kappa shape index (κ2) is 6.19. The van der Waals surface area contributed by atoms with E-state index in [-0.39, 0.29) is 17.5 Å². The highest BCUT2D eigenvalue weighted by Gasteiger charge is 2.26. The van der Waals surface area contributed by atoms with E-state index in [2.05, 4.69) is 15.2 Å². The Morgan fingerprint density at radius 3 is 2.90 bits per heavy atom. The molecule has 1 aromatic heterocycles. The van der Waals surface area contributed by atoms with Crippen LogP contribution in [0.4, 0.5) is 10.9 Å². The predicted octanol–water partition coefficient (Wildman–Crippen LogP) is 1.57. The van der Waals surface area contributed by atoms with E-state index in [1.807, 2.05) is 20.8 Å². The van der Waals surface area contributed by atoms with E-state index in [1.54, 1.807) is 0 Å². The molecule has 0 radical (unpaired) electrons. The smallest absolute Gasteiger partial charge is 0.265 e. The lowest BCUT2D eigenvalue weighted by atomic mass is 10.0. The monoisotopic (exact) mass is 311 g/mol. The van der Waals surface area contributed by atoms with Gasteiger partial charge in [-0.25, -0.2) is 4.98 Å². The van der Waals surface area contributed by atoms with Gasteiger partial charge in [0.15, 0.2) is 5.13 Å². The summed E-state index contributed by atoms with van der Waals surface area (Å²) in [6.45, 7) is 7.72. The molecule has 0 aromatic carbocycles. The van der Waals surface area contributed by atoms with Crippen LogP contribution < -0.4 is 21.7 Å². The fraction of sp³-hybridized carbons (Fsp3) is 0.714. The van der Waals surface area contributed by atoms with Gasteiger partial charge in [0.2, 0.25) is 0 Å². The highest BCUT2D eigenvalue weighted by molar-refractivity contribution is 7.18. The van der Waals surface area contributed by atoms with Crippen molar-refractivity contribution in [3.63, 3.8) is 0 Å². The lowest BCUT2D eigenvalue weighted by Crippen LogP contribution is -2.43. The summed E-state index contributed by atoms with van der Waals surface area (Å²) in [6.07, 6.45) is 2.94. The largest absolute Gasteiger partial charge is 0.382 e. The fourth-order valence-electron chi connectivity index (χ4n) is 2.25. The van der Waals surface area contributed by atoms with Crippen LogP contribution in [0.25, 0.3) is 0 Å². The molecule has 2 heterocycles. The number of piperidine rings is 1. The first-order chi connectivity index (χ1) is 9.82. The molecule has 1 unspecified atom stereocenters. The fourth-order valence-corrected chi connectivity index (χ4v) is 3.17. The Morgan fingerprint density at radius 2 is 2.29 bits per heavy atom. The van der Waals surface area contributed by atoms with Crippen molar-refractivity contribution in [2.24, 2.45) is 5.73 Å². The van der Waals surface area contributed by atoms with Crippen LogP contribution in [0.3, 0.4) is 0 Å². The molecule has 1 amide bonds. The van der Waals surface area contributed by atoms with E-state index in [0.29, 0.717) is 10.7 Å². The zero-order valence-corrected chi connectivity index (χ0v) is 13.8. The number of rotatable bonds is 4. The van der Waals surface area contributed by atoms with Crippen molar-refractivity contribution < 1.29 is 4.79 Å². The van der Waals surface area contributed by atoms with Crippen molar-refractivity contribution in [1.82, 2.24) is 10.3 Å². The maximum absolute atomic E-state index is 12.3. The molecule has 0 spiro atoms. The Labute approximate surface area is 129 Å². The van der Waals surface area contributed by atoms with Gasteiger partial charge in [-0.15, -0.1) is 0 Å². The molecule has 0 aliphatic carbocycles. The zero-order valence-electron chi connectivity index (χ0n) is 13.0. The van der Waals surface area contributed by atoms with Gasteiger partial charge in [-0.2, -0.15) is 0 Å². The summed E-state index contributed by atoms with van der Waals surface area (Å²) < 4.78 is 0. The summed E-state index contributed by atoms with van der Waals surface area (Å²) in [6, 6.07) is 0.167. The van der Waals surface area contributed by atoms with Crippen LogP contribution in [-0.4, -0.2) is 35.6 Å². The summed E-state index contributed by atoms with van der Waals surface area (Å²) in [5.74, 6) is 0.156. The van der Waals surface area contributed by atoms with Crippen LogP contribution in [0.15, 0.2) is 0 Å². The molecule has 1 aliphatic rings. The van der Waals surface area contributed by atoms with Gasteiger partial charge in [0.05, 0.1) is 0 Å². The molecule has 118 valence electrons. The number of carbonyl (C=O) groups excluding carboxylic acids is 1. The molecule has 7 heteroatoms. The molecule has 1 atom stereocenters. The number of anilines is 2. The standard InChI is InChI=1S/C14H25N5OS/c1-4-14(2,3)18-12(20)10-11(16)17-13(21-10)19-7-5-6-9(15)8-19/h9H,4-8,15-16H2,1-3H3,(H,18,20). The predicted molar refractivity (Wildman–Crippen MR) is 87.8 cm³/mol. The molecule has 6 nitrogen and oxygen atoms in total. The van der Waals surface area contributed by atoms with E-state index in [9.17, 15) is 4.79 Å². The minimum Gasteiger partial charge on any atom is -0.382 e. The minimum atomic E-state index is -0.249. The van der Waals surface area contributed by atoms with Crippen molar-refractivity contribution in [2.75, 3.05) is 23.7 Å². The van der Waals surface area contributed by atoms with Gasteiger partial charge in [-0.05, 0) is 33.1 Å². The number of hydrogen-bond acceptors (Lipinski definition) is 6. The zero-order chi connectivity index (χ0) is 15.6. The van der Waals surface area contributed by atoms with Crippen LogP contribution >= 0.6 is 11.3 Å². The Hall–Kier alpha value is -1.34. The summed E-state index contributed by atoms with van der Waals surface area (Å²) in [4.78, 5) is 19.3. The van der Waals surface area contributed by atoms with E-state index in [1.165, 1.54) is 11.3 Å². The van der Waals surface area contributed by atoms with Crippen LogP contribution in [0.1, 0.15) is 49.7 Å². The van der Waals surface area contributed by atoms with E-state index in [4.69, 9.17) is 11.5 Å². The SMILES string of the molecule is CCC(C)(C)NC(=O)c1sc(N2CCCC(N)C2)nc1N. The van der Waals surface area contributed by atoms with Gasteiger partial charge in [-0.1, -0.05) is 18.3 Å². The lowest BCUT2D eigenvalue weighted by Gasteiger charge is -2.30. The summed E-state index contributed by atoms with van der Waals surface area (Å²) in [5.41, 5.74) is 11.7. The van der Waals surface area contributed by atoms with Gasteiger partial charge in [0.1, 0.15) is 10.7 Å². The van der Waals surface area contributed by atoms with Crippen LogP contribution in [-0.2, 0) is 0 Å². The molecule has 2 rings (SSSR count). The first-order valence-corrected chi connectivity index (χ1v) is 8.23. The molecule has 0 bridgehead atoms. The topological polar surface area (TPSA) is 97.3 Å². The third-order valence-corrected chi connectivity index (χ3v) is 5.04. The van der Waals surface area contributed by atoms with Crippen LogP contribution in [0.5, 0.6) is 0 Å². The number of nitrogen functional groups attached to an aromatic ring is 1. The molecular formula is C14H25N5OS. The van der Waals surface area contributed by atoms with E-state index in [0.717, 1.165) is 37.5 Å². The summed E-state index contributed by atoms with van der Waals surface area (Å²) in [5, 5.41) is 3.79. The average Bonchev–Trinajstić information content (AvgIpc) is 2.80.